The molecule has 0 saturated heterocycles. The number of hydrogen-bond donors (Lipinski definition) is 0. The van der Waals surface area contributed by atoms with Crippen molar-refractivity contribution in [1.82, 2.24) is 0 Å². The van der Waals surface area contributed by atoms with Gasteiger partial charge in [0.1, 0.15) is 5.11 Å². The van der Waals surface area contributed by atoms with Gasteiger partial charge in [-0.1, -0.05) is 0 Å². The largest absolute Gasteiger partial charge is 0.497 e. The summed E-state index contributed by atoms with van der Waals surface area (Å²) in [7, 11) is 0. The van der Waals surface area contributed by atoms with Crippen LogP contribution in [0.15, 0.2) is 15.4 Å². The SMILES string of the molecule is [N-]=[N+]=C1C=NN=N1. The lowest BCUT2D eigenvalue weighted by Crippen LogP contribution is -1.88. The number of rotatable bonds is 0. The molecule has 0 fully saturated rings. The van der Waals surface area contributed by atoms with Crippen LogP contribution in [-0.2, 0) is 0 Å². The van der Waals surface area contributed by atoms with E-state index in [9.17, 15) is 0 Å². The van der Waals surface area contributed by atoms with Gasteiger partial charge in [0.05, 0.1) is 5.22 Å². The van der Waals surface area contributed by atoms with Gasteiger partial charge in [0.25, 0.3) is 0 Å². The van der Waals surface area contributed by atoms with Gasteiger partial charge in [-0.3, -0.25) is 0 Å². The van der Waals surface area contributed by atoms with Gasteiger partial charge < -0.3 is 10.3 Å². The van der Waals surface area contributed by atoms with Crippen LogP contribution < -0.4 is 0 Å². The summed E-state index contributed by atoms with van der Waals surface area (Å²) in [4.78, 5) is 2.69. The molecule has 0 N–H and O–H groups in total. The molecular weight excluding hydrogens is 94.1 g/mol. The van der Waals surface area contributed by atoms with Gasteiger partial charge in [0.2, 0.25) is 0 Å². The van der Waals surface area contributed by atoms with Gasteiger partial charge in [-0.2, -0.15) is 0 Å². The fraction of sp³-hybridized carbons (Fsp3) is 0. The first-order valence-corrected chi connectivity index (χ1v) is 1.59. The van der Waals surface area contributed by atoms with Gasteiger partial charge >= 0.3 is 5.84 Å². The van der Waals surface area contributed by atoms with Crippen LogP contribution in [0.3, 0.4) is 0 Å². The Kier molecular flexibility index (Phi) is 0.766. The Morgan fingerprint density at radius 1 is 1.71 bits per heavy atom. The van der Waals surface area contributed by atoms with E-state index in [0.29, 0.717) is 0 Å². The summed E-state index contributed by atoms with van der Waals surface area (Å²) in [6.07, 6.45) is 1.25. The molecule has 0 aromatic carbocycles. The Labute approximate surface area is 39.0 Å². The van der Waals surface area contributed by atoms with E-state index in [1.54, 1.807) is 0 Å². The molecule has 0 spiro atoms. The molecule has 1 rings (SSSR count). The maximum absolute atomic E-state index is 7.91. The predicted octanol–water partition coefficient (Wildman–Crippen LogP) is 0.0663. The average molecular weight is 95.1 g/mol. The van der Waals surface area contributed by atoms with Crippen LogP contribution in [-0.4, -0.2) is 16.8 Å². The molecule has 7 heavy (non-hydrogen) atoms. The van der Waals surface area contributed by atoms with E-state index < -0.39 is 0 Å². The van der Waals surface area contributed by atoms with Crippen LogP contribution in [0.25, 0.3) is 5.53 Å². The van der Waals surface area contributed by atoms with Gasteiger partial charge in [-0.05, 0) is 0 Å². The molecule has 0 aromatic heterocycles. The monoisotopic (exact) mass is 95.0 g/mol. The van der Waals surface area contributed by atoms with E-state index in [4.69, 9.17) is 5.53 Å². The third kappa shape index (κ3) is 0.558. The van der Waals surface area contributed by atoms with E-state index in [0.717, 1.165) is 0 Å². The van der Waals surface area contributed by atoms with Crippen molar-refractivity contribution in [3.05, 3.63) is 5.53 Å². The van der Waals surface area contributed by atoms with Crippen LogP contribution in [0.5, 0.6) is 0 Å². The van der Waals surface area contributed by atoms with E-state index in [1.807, 2.05) is 0 Å². The summed E-state index contributed by atoms with van der Waals surface area (Å²) >= 11 is 0. The summed E-state index contributed by atoms with van der Waals surface area (Å²) in [5.74, 6) is 0.139. The quantitative estimate of drug-likeness (QED) is 0.301. The Hall–Kier alpha value is -1.35. The van der Waals surface area contributed by atoms with Crippen molar-refractivity contribution < 1.29 is 4.79 Å². The van der Waals surface area contributed by atoms with Gasteiger partial charge in [-0.15, -0.1) is 5.10 Å². The third-order valence-electron chi connectivity index (χ3n) is 0.474. The Balaban J connectivity index is 3.00. The molecule has 0 bridgehead atoms. The molecule has 5 heteroatoms. The number of amidine groups is 1. The molecule has 5 nitrogen and oxygen atoms in total. The van der Waals surface area contributed by atoms with Crippen LogP contribution in [0.4, 0.5) is 0 Å². The average Bonchev–Trinajstić information content (AvgIpc) is 2.14. The first kappa shape index (κ1) is 3.83. The van der Waals surface area contributed by atoms with E-state index in [2.05, 4.69) is 20.2 Å². The Morgan fingerprint density at radius 3 is 2.86 bits per heavy atom. The minimum Gasteiger partial charge on any atom is -0.497 e. The zero-order valence-electron chi connectivity index (χ0n) is 3.31. The number of nitrogens with zero attached hydrogens (tertiary/aromatic N) is 5. The van der Waals surface area contributed by atoms with Crippen LogP contribution >= 0.6 is 0 Å². The van der Waals surface area contributed by atoms with Crippen molar-refractivity contribution >= 4 is 12.1 Å². The zero-order chi connectivity index (χ0) is 5.11. The van der Waals surface area contributed by atoms with E-state index >= 15 is 0 Å². The highest BCUT2D eigenvalue weighted by atomic mass is 15.4. The molecule has 1 aliphatic heterocycles. The lowest BCUT2D eigenvalue weighted by Gasteiger charge is -1.55. The molecule has 0 aliphatic carbocycles. The second kappa shape index (κ2) is 1.40. The number of hydrogen-bond acceptors (Lipinski definition) is 2. The topological polar surface area (TPSA) is 73.5 Å². The predicted molar refractivity (Wildman–Crippen MR) is 22.0 cm³/mol. The normalized spacial score (nSPS) is 15.1. The first-order chi connectivity index (χ1) is 3.43. The van der Waals surface area contributed by atoms with Crippen molar-refractivity contribution in [2.24, 2.45) is 15.4 Å². The van der Waals surface area contributed by atoms with Crippen molar-refractivity contribution in [2.75, 3.05) is 0 Å². The third-order valence-corrected chi connectivity index (χ3v) is 0.474. The minimum atomic E-state index is 0.139. The van der Waals surface area contributed by atoms with Crippen molar-refractivity contribution in [3.63, 3.8) is 0 Å². The summed E-state index contributed by atoms with van der Waals surface area (Å²) in [6.45, 7) is 0. The second-order valence-corrected chi connectivity index (χ2v) is 0.892. The molecule has 0 saturated carbocycles. The lowest BCUT2D eigenvalue weighted by atomic mass is 10.7. The molecule has 1 heterocycles. The fourth-order valence-electron chi connectivity index (χ4n) is 0.221. The Bertz CT molecular complexity index is 157. The lowest BCUT2D eigenvalue weighted by molar-refractivity contribution is -0.00278. The van der Waals surface area contributed by atoms with Crippen molar-refractivity contribution in [2.45, 2.75) is 0 Å². The fourth-order valence-corrected chi connectivity index (χ4v) is 0.221. The van der Waals surface area contributed by atoms with Crippen LogP contribution in [0.1, 0.15) is 0 Å². The summed E-state index contributed by atoms with van der Waals surface area (Å²) < 4.78 is 0. The molecule has 0 amide bonds. The maximum Gasteiger partial charge on any atom is 0.448 e. The van der Waals surface area contributed by atoms with Crippen LogP contribution in [0, 0.1) is 0 Å². The highest BCUT2D eigenvalue weighted by Crippen LogP contribution is 1.84. The summed E-state index contributed by atoms with van der Waals surface area (Å²) in [6, 6.07) is 0. The smallest absolute Gasteiger partial charge is 0.448 e. The molecule has 0 unspecified atom stereocenters. The minimum absolute atomic E-state index is 0.139. The van der Waals surface area contributed by atoms with E-state index in [-0.39, 0.29) is 5.84 Å². The van der Waals surface area contributed by atoms with Crippen LogP contribution in [0.2, 0.25) is 0 Å². The highest BCUT2D eigenvalue weighted by Gasteiger charge is 2.06. The van der Waals surface area contributed by atoms with Gasteiger partial charge in [-0.25, -0.2) is 0 Å². The molecule has 0 aromatic rings. The first-order valence-electron chi connectivity index (χ1n) is 1.59. The molecular formula is C2HN5. The Morgan fingerprint density at radius 2 is 2.57 bits per heavy atom. The molecule has 0 atom stereocenters. The van der Waals surface area contributed by atoms with Crippen molar-refractivity contribution in [3.8, 4) is 0 Å². The van der Waals surface area contributed by atoms with Crippen molar-refractivity contribution in [1.29, 1.82) is 0 Å². The maximum atomic E-state index is 7.91. The summed E-state index contributed by atoms with van der Waals surface area (Å²) in [5, 5.41) is 9.67. The molecule has 0 radical (unpaired) electrons. The second-order valence-electron chi connectivity index (χ2n) is 0.892. The molecule has 1 aliphatic rings. The van der Waals surface area contributed by atoms with Gasteiger partial charge in [0, 0.05) is 0 Å². The standard InChI is InChI=1S/C2HN5/c3-5-2-1-4-7-6-2/h1H. The highest BCUT2D eigenvalue weighted by molar-refractivity contribution is 6.27. The van der Waals surface area contributed by atoms with E-state index in [1.165, 1.54) is 6.21 Å². The zero-order valence-corrected chi connectivity index (χ0v) is 3.31. The molecule has 34 valence electrons. The summed E-state index contributed by atoms with van der Waals surface area (Å²) in [5.41, 5.74) is 7.91. The van der Waals surface area contributed by atoms with Gasteiger partial charge in [0.15, 0.2) is 6.21 Å².